The number of rotatable bonds is 2. The van der Waals surface area contributed by atoms with Gasteiger partial charge in [-0.15, -0.1) is 11.1 Å². The summed E-state index contributed by atoms with van der Waals surface area (Å²) in [5, 5.41) is 0. The summed E-state index contributed by atoms with van der Waals surface area (Å²) in [4.78, 5) is 0. The van der Waals surface area contributed by atoms with Gasteiger partial charge in [0.05, 0.1) is 0 Å². The Balaban J connectivity index is 0.000000147. The van der Waals surface area contributed by atoms with Gasteiger partial charge in [0.25, 0.3) is 0 Å². The van der Waals surface area contributed by atoms with E-state index < -0.39 is 0 Å². The second-order valence-electron chi connectivity index (χ2n) is 12.3. The van der Waals surface area contributed by atoms with Crippen molar-refractivity contribution in [2.75, 3.05) is 0 Å². The first kappa shape index (κ1) is 31.1. The predicted octanol–water partition coefficient (Wildman–Crippen LogP) is 10.1. The van der Waals surface area contributed by atoms with Crippen LogP contribution >= 0.6 is 0 Å². The van der Waals surface area contributed by atoms with E-state index >= 15 is 0 Å². The van der Waals surface area contributed by atoms with Crippen LogP contribution in [0, 0.1) is 51.2 Å². The molecule has 0 amide bonds. The summed E-state index contributed by atoms with van der Waals surface area (Å²) in [5.74, 6) is 0.522. The van der Waals surface area contributed by atoms with Crippen LogP contribution in [0.4, 0.5) is 0 Å². The molecule has 41 heavy (non-hydrogen) atoms. The van der Waals surface area contributed by atoms with Gasteiger partial charge in [0.2, 0.25) is 0 Å². The second-order valence-corrected chi connectivity index (χ2v) is 13.5. The van der Waals surface area contributed by atoms with Crippen LogP contribution in [0.25, 0.3) is 11.1 Å². The van der Waals surface area contributed by atoms with E-state index in [2.05, 4.69) is 159 Å². The standard InChI is InChI=1S/C17H17.C13H10.C10H15.Zr/c1-10-5-14-9-15-6-11(2)13(4)8-17(15)16(14)7-12(10)3;1-3-7-12(8-4-1)11-13-9-5-2-6-10-13;1-8-5-6-9(7-8)10(2,3)4;/h5,7-8H,9H2,1-4H3;1-10H;6-8H,1-4H3;/q-1;;-1;+2. The summed E-state index contributed by atoms with van der Waals surface area (Å²) in [6.07, 6.45) is 8.70. The molecule has 0 saturated heterocycles. The zero-order valence-electron chi connectivity index (χ0n) is 25.9. The van der Waals surface area contributed by atoms with Crippen LogP contribution in [0.5, 0.6) is 0 Å². The second kappa shape index (κ2) is 13.4. The van der Waals surface area contributed by atoms with Crippen LogP contribution in [0.3, 0.4) is 0 Å². The van der Waals surface area contributed by atoms with Gasteiger partial charge in [0, 0.05) is 0 Å². The van der Waals surface area contributed by atoms with Crippen LogP contribution in [0.15, 0.2) is 96.6 Å². The van der Waals surface area contributed by atoms with Gasteiger partial charge < -0.3 is 0 Å². The van der Waals surface area contributed by atoms with Gasteiger partial charge >= 0.3 is 99.2 Å². The molecule has 0 N–H and O–H groups in total. The van der Waals surface area contributed by atoms with Crippen LogP contribution in [-0.4, -0.2) is 3.21 Å². The number of allylic oxidation sites excluding steroid dienone is 4. The molecular formula is C40H42Zr. The van der Waals surface area contributed by atoms with Crippen molar-refractivity contribution in [2.45, 2.75) is 61.8 Å². The Morgan fingerprint density at radius 1 is 0.756 bits per heavy atom. The number of hydrogen-bond donors (Lipinski definition) is 0. The van der Waals surface area contributed by atoms with Crippen LogP contribution in [0.1, 0.15) is 72.2 Å². The molecule has 0 fully saturated rings. The normalized spacial score (nSPS) is 14.7. The van der Waals surface area contributed by atoms with Crippen molar-refractivity contribution in [1.82, 2.24) is 0 Å². The van der Waals surface area contributed by atoms with E-state index in [9.17, 15) is 0 Å². The Kier molecular flexibility index (Phi) is 10.1. The van der Waals surface area contributed by atoms with Crippen LogP contribution in [0.2, 0.25) is 0 Å². The van der Waals surface area contributed by atoms with Gasteiger partial charge in [-0.05, 0) is 37.0 Å². The molecule has 0 bridgehead atoms. The number of aryl methyl sites for hydroxylation is 4. The maximum atomic E-state index is 3.54. The summed E-state index contributed by atoms with van der Waals surface area (Å²) < 4.78 is 1.42. The molecule has 1 heteroatoms. The average molecular weight is 614 g/mol. The van der Waals surface area contributed by atoms with Gasteiger partial charge in [0.15, 0.2) is 0 Å². The first-order valence-electron chi connectivity index (χ1n) is 14.6. The first-order chi connectivity index (χ1) is 19.4. The summed E-state index contributed by atoms with van der Waals surface area (Å²) in [6.45, 7) is 17.6. The molecule has 2 aliphatic rings. The zero-order valence-corrected chi connectivity index (χ0v) is 28.4. The summed E-state index contributed by atoms with van der Waals surface area (Å²) >= 11 is 1.46. The molecule has 0 radical (unpaired) electrons. The molecule has 0 heterocycles. The SMILES string of the molecule is CC1[C-]=CC(C(C)(C)C)=C1.Cc1[c-]c2c(cc1C)-c1cc(C)c(C)cc1C2.[Zr+2]=[C](c1ccccc1)c1ccccc1. The number of fused-ring (bicyclic) bond motifs is 3. The molecule has 0 saturated carbocycles. The molecule has 1 unspecified atom stereocenters. The number of benzene rings is 4. The molecule has 4 aromatic carbocycles. The van der Waals surface area contributed by atoms with E-state index in [-0.39, 0.29) is 0 Å². The van der Waals surface area contributed by atoms with Crippen molar-refractivity contribution in [3.63, 3.8) is 0 Å². The Hall–Kier alpha value is -2.89. The number of hydrogen-bond acceptors (Lipinski definition) is 0. The minimum atomic E-state index is 0.303. The molecular weight excluding hydrogens is 572 g/mol. The third kappa shape index (κ3) is 7.90. The van der Waals surface area contributed by atoms with E-state index in [0.717, 1.165) is 6.42 Å². The zero-order chi connectivity index (χ0) is 29.7. The monoisotopic (exact) mass is 612 g/mol. The van der Waals surface area contributed by atoms with E-state index in [1.807, 2.05) is 0 Å². The van der Waals surface area contributed by atoms with Crippen molar-refractivity contribution in [2.24, 2.45) is 11.3 Å². The third-order valence-corrected chi connectivity index (χ3v) is 9.33. The van der Waals surface area contributed by atoms with Crippen LogP contribution < -0.4 is 0 Å². The Bertz CT molecular complexity index is 1480. The minimum absolute atomic E-state index is 0.303. The summed E-state index contributed by atoms with van der Waals surface area (Å²) in [6, 6.07) is 31.6. The quantitative estimate of drug-likeness (QED) is 0.174. The predicted molar refractivity (Wildman–Crippen MR) is 173 cm³/mol. The Morgan fingerprint density at radius 3 is 1.78 bits per heavy atom. The molecule has 0 aliphatic heterocycles. The van der Waals surface area contributed by atoms with E-state index in [1.165, 1.54) is 88.6 Å². The Labute approximate surface area is 263 Å². The fourth-order valence-electron chi connectivity index (χ4n) is 5.08. The van der Waals surface area contributed by atoms with Crippen molar-refractivity contribution in [1.29, 1.82) is 0 Å². The maximum absolute atomic E-state index is 3.54. The van der Waals surface area contributed by atoms with Gasteiger partial charge in [-0.3, -0.25) is 6.08 Å². The molecule has 0 spiro atoms. The summed E-state index contributed by atoms with van der Waals surface area (Å²) in [5.41, 5.74) is 15.4. The van der Waals surface area contributed by atoms with E-state index in [4.69, 9.17) is 0 Å². The molecule has 6 rings (SSSR count). The fraction of sp³-hybridized carbons (Fsp3) is 0.275. The Morgan fingerprint density at radius 2 is 1.29 bits per heavy atom. The fourth-order valence-corrected chi connectivity index (χ4v) is 5.90. The molecule has 1 atom stereocenters. The van der Waals surface area contributed by atoms with Crippen molar-refractivity contribution < 1.29 is 24.2 Å². The summed E-state index contributed by atoms with van der Waals surface area (Å²) in [7, 11) is 0. The van der Waals surface area contributed by atoms with Gasteiger partial charge in [-0.25, -0.2) is 6.08 Å². The topological polar surface area (TPSA) is 0 Å². The van der Waals surface area contributed by atoms with Crippen LogP contribution in [-0.2, 0) is 30.7 Å². The average Bonchev–Trinajstić information content (AvgIpc) is 3.54. The molecule has 0 nitrogen and oxygen atoms in total. The van der Waals surface area contributed by atoms with Gasteiger partial charge in [0.1, 0.15) is 0 Å². The molecule has 0 aromatic heterocycles. The van der Waals surface area contributed by atoms with Crippen molar-refractivity contribution in [3.05, 3.63) is 153 Å². The first-order valence-corrected chi connectivity index (χ1v) is 15.8. The van der Waals surface area contributed by atoms with Gasteiger partial charge in [-0.1, -0.05) is 70.6 Å². The third-order valence-electron chi connectivity index (χ3n) is 7.92. The molecule has 4 aromatic rings. The van der Waals surface area contributed by atoms with Gasteiger partial charge in [-0.2, -0.15) is 34.9 Å². The van der Waals surface area contributed by atoms with E-state index in [1.54, 1.807) is 0 Å². The molecule has 2 aliphatic carbocycles. The van der Waals surface area contributed by atoms with Crippen molar-refractivity contribution >= 4 is 3.21 Å². The molecule has 206 valence electrons. The van der Waals surface area contributed by atoms with Crippen molar-refractivity contribution in [3.8, 4) is 11.1 Å². The van der Waals surface area contributed by atoms with E-state index in [0.29, 0.717) is 11.3 Å².